The van der Waals surface area contributed by atoms with E-state index >= 15 is 0 Å². The Balaban J connectivity index is 1.41. The Bertz CT molecular complexity index is 1280. The number of carbonyl (C=O) groups excluding carboxylic acids is 4. The van der Waals surface area contributed by atoms with Crippen LogP contribution in [0.25, 0.3) is 0 Å². The third kappa shape index (κ3) is 4.41. The number of allylic oxidation sites excluding steroid dienone is 1. The zero-order valence-corrected chi connectivity index (χ0v) is 27.1. The van der Waals surface area contributed by atoms with E-state index in [1.807, 2.05) is 27.7 Å². The molecular formula is C34H48O9. The summed E-state index contributed by atoms with van der Waals surface area (Å²) in [6.07, 6.45) is 4.24. The van der Waals surface area contributed by atoms with Gasteiger partial charge in [0.2, 0.25) is 0 Å². The Hall–Kier alpha value is -2.42. The Kier molecular flexibility index (Phi) is 6.79. The van der Waals surface area contributed by atoms with Gasteiger partial charge in [0.25, 0.3) is 0 Å². The lowest BCUT2D eigenvalue weighted by Crippen LogP contribution is -2.67. The molecule has 0 aromatic heterocycles. The van der Waals surface area contributed by atoms with Crippen molar-refractivity contribution in [3.63, 3.8) is 0 Å². The van der Waals surface area contributed by atoms with E-state index in [1.54, 1.807) is 0 Å². The molecule has 6 aliphatic rings. The van der Waals surface area contributed by atoms with Crippen molar-refractivity contribution in [2.45, 2.75) is 136 Å². The van der Waals surface area contributed by atoms with Gasteiger partial charge in [0.1, 0.15) is 30.0 Å². The fourth-order valence-corrected chi connectivity index (χ4v) is 10.9. The highest BCUT2D eigenvalue weighted by atomic mass is 16.6. The van der Waals surface area contributed by atoms with Gasteiger partial charge in [-0.3, -0.25) is 19.2 Å². The van der Waals surface area contributed by atoms with Crippen LogP contribution in [0.4, 0.5) is 0 Å². The van der Waals surface area contributed by atoms with E-state index in [0.29, 0.717) is 12.8 Å². The van der Waals surface area contributed by atoms with Crippen molar-refractivity contribution in [2.75, 3.05) is 0 Å². The molecule has 0 N–H and O–H groups in total. The molecule has 3 aliphatic heterocycles. The molecule has 3 heterocycles. The lowest BCUT2D eigenvalue weighted by atomic mass is 9.39. The average molecular weight is 601 g/mol. The first kappa shape index (κ1) is 30.6. The monoisotopic (exact) mass is 600 g/mol. The Morgan fingerprint density at radius 3 is 2.12 bits per heavy atom. The zero-order valence-electron chi connectivity index (χ0n) is 27.1. The Labute approximate surface area is 254 Å². The van der Waals surface area contributed by atoms with Crippen LogP contribution >= 0.6 is 0 Å². The lowest BCUT2D eigenvalue weighted by Gasteiger charge is -2.66. The third-order valence-electron chi connectivity index (χ3n) is 12.7. The van der Waals surface area contributed by atoms with Crippen molar-refractivity contribution in [1.82, 2.24) is 0 Å². The predicted molar refractivity (Wildman–Crippen MR) is 154 cm³/mol. The van der Waals surface area contributed by atoms with Crippen molar-refractivity contribution in [3.8, 4) is 0 Å². The number of esters is 4. The highest BCUT2D eigenvalue weighted by molar-refractivity contribution is 5.76. The van der Waals surface area contributed by atoms with Gasteiger partial charge in [-0.1, -0.05) is 32.4 Å². The summed E-state index contributed by atoms with van der Waals surface area (Å²) in [5.41, 5.74) is -1.48. The van der Waals surface area contributed by atoms with E-state index in [9.17, 15) is 19.2 Å². The molecule has 0 bridgehead atoms. The van der Waals surface area contributed by atoms with Gasteiger partial charge in [-0.2, -0.15) is 0 Å². The summed E-state index contributed by atoms with van der Waals surface area (Å²) in [5.74, 6) is -1.81. The second-order valence-electron chi connectivity index (χ2n) is 15.8. The molecule has 3 aliphatic carbocycles. The molecule has 0 aromatic rings. The van der Waals surface area contributed by atoms with Crippen LogP contribution < -0.4 is 0 Å². The molecule has 0 aromatic carbocycles. The molecule has 3 saturated heterocycles. The number of epoxide rings is 1. The number of fused-ring (bicyclic) bond motifs is 5. The molecule has 238 valence electrons. The summed E-state index contributed by atoms with van der Waals surface area (Å²) < 4.78 is 30.0. The van der Waals surface area contributed by atoms with E-state index in [2.05, 4.69) is 26.8 Å². The van der Waals surface area contributed by atoms with Gasteiger partial charge < -0.3 is 23.7 Å². The second kappa shape index (κ2) is 9.54. The maximum absolute atomic E-state index is 13.4. The summed E-state index contributed by atoms with van der Waals surface area (Å²) in [5, 5.41) is 0. The van der Waals surface area contributed by atoms with Gasteiger partial charge >= 0.3 is 23.9 Å². The molecule has 11 unspecified atom stereocenters. The molecule has 9 heteroatoms. The smallest absolute Gasteiger partial charge is 0.310 e. The third-order valence-corrected chi connectivity index (χ3v) is 12.7. The van der Waals surface area contributed by atoms with Crippen LogP contribution in [0, 0.1) is 39.9 Å². The van der Waals surface area contributed by atoms with Gasteiger partial charge in [-0.15, -0.1) is 0 Å². The zero-order chi connectivity index (χ0) is 31.5. The molecule has 2 saturated carbocycles. The first-order valence-corrected chi connectivity index (χ1v) is 16.0. The van der Waals surface area contributed by atoms with E-state index in [0.717, 1.165) is 19.3 Å². The molecule has 9 nitrogen and oxygen atoms in total. The number of hydrogen-bond donors (Lipinski definition) is 0. The van der Waals surface area contributed by atoms with Gasteiger partial charge in [0.15, 0.2) is 0 Å². The molecule has 43 heavy (non-hydrogen) atoms. The van der Waals surface area contributed by atoms with Crippen molar-refractivity contribution in [2.24, 2.45) is 39.9 Å². The van der Waals surface area contributed by atoms with Crippen molar-refractivity contribution < 1.29 is 42.9 Å². The van der Waals surface area contributed by atoms with Crippen molar-refractivity contribution in [3.05, 3.63) is 11.6 Å². The normalized spacial score (nSPS) is 47.5. The summed E-state index contributed by atoms with van der Waals surface area (Å²) in [4.78, 5) is 51.5. The molecule has 0 radical (unpaired) electrons. The van der Waals surface area contributed by atoms with E-state index < -0.39 is 40.6 Å². The van der Waals surface area contributed by atoms with Gasteiger partial charge in [0.05, 0.1) is 17.9 Å². The van der Waals surface area contributed by atoms with Crippen LogP contribution in [-0.4, -0.2) is 59.5 Å². The molecule has 5 fully saturated rings. The molecular weight excluding hydrogens is 552 g/mol. The first-order chi connectivity index (χ1) is 19.9. The van der Waals surface area contributed by atoms with Crippen LogP contribution in [0.2, 0.25) is 0 Å². The standard InChI is InChI=1S/C34H48O9/c1-17(35)39-25-15-24-30(3,4)42-27(37)16-26(40-18(2)36)34(24,9)23-12-13-32(7)20(10-11-22(32)33(23,25)8)19-14-21(41-29(19)38)28-31(5,6)43-28/h11,19-21,23-26,28H,10,12-16H2,1-9H3. The second-order valence-corrected chi connectivity index (χ2v) is 15.8. The topological polar surface area (TPSA) is 118 Å². The number of cyclic esters (lactones) is 2. The highest BCUT2D eigenvalue weighted by Crippen LogP contribution is 2.73. The fourth-order valence-electron chi connectivity index (χ4n) is 10.9. The van der Waals surface area contributed by atoms with Crippen LogP contribution in [-0.2, 0) is 42.9 Å². The van der Waals surface area contributed by atoms with Crippen molar-refractivity contribution in [1.29, 1.82) is 0 Å². The predicted octanol–water partition coefficient (Wildman–Crippen LogP) is 5.08. The summed E-state index contributed by atoms with van der Waals surface area (Å²) in [6, 6.07) is 0. The molecule has 0 spiro atoms. The van der Waals surface area contributed by atoms with Crippen molar-refractivity contribution >= 4 is 23.9 Å². The van der Waals surface area contributed by atoms with Crippen LogP contribution in [0.1, 0.15) is 101 Å². The summed E-state index contributed by atoms with van der Waals surface area (Å²) >= 11 is 0. The van der Waals surface area contributed by atoms with E-state index in [1.165, 1.54) is 19.4 Å². The SMILES string of the molecule is CC(=O)OC1CC2C(C)(C)OC(=O)CC(OC(C)=O)C2(C)C2CCC3(C)C(=CCC3C3CC(C4OC4(C)C)OC3=O)C12C. The fraction of sp³-hybridized carbons (Fsp3) is 0.824. The summed E-state index contributed by atoms with van der Waals surface area (Å²) in [6.45, 7) is 17.3. The minimum Gasteiger partial charge on any atom is -0.462 e. The van der Waals surface area contributed by atoms with Gasteiger partial charge in [0, 0.05) is 37.0 Å². The Morgan fingerprint density at radius 1 is 0.884 bits per heavy atom. The van der Waals surface area contributed by atoms with Gasteiger partial charge in [-0.05, 0) is 70.6 Å². The number of rotatable bonds is 4. The minimum absolute atomic E-state index is 0.0192. The molecule has 0 amide bonds. The quantitative estimate of drug-likeness (QED) is 0.188. The number of hydrogen-bond acceptors (Lipinski definition) is 9. The van der Waals surface area contributed by atoms with Crippen LogP contribution in [0.15, 0.2) is 11.6 Å². The number of ether oxygens (including phenoxy) is 5. The average Bonchev–Trinajstić information content (AvgIpc) is 3.18. The molecule has 11 atom stereocenters. The Morgan fingerprint density at radius 2 is 1.51 bits per heavy atom. The highest BCUT2D eigenvalue weighted by Gasteiger charge is 2.72. The molecule has 6 rings (SSSR count). The van der Waals surface area contributed by atoms with Crippen LogP contribution in [0.3, 0.4) is 0 Å². The minimum atomic E-state index is -0.866. The van der Waals surface area contributed by atoms with E-state index in [4.69, 9.17) is 23.7 Å². The van der Waals surface area contributed by atoms with E-state index in [-0.39, 0.29) is 65.3 Å². The maximum Gasteiger partial charge on any atom is 0.310 e. The number of carbonyl (C=O) groups is 4. The maximum atomic E-state index is 13.4. The lowest BCUT2D eigenvalue weighted by molar-refractivity contribution is -0.227. The summed E-state index contributed by atoms with van der Waals surface area (Å²) in [7, 11) is 0. The first-order valence-electron chi connectivity index (χ1n) is 16.0. The van der Waals surface area contributed by atoms with Gasteiger partial charge in [-0.25, -0.2) is 0 Å². The largest absolute Gasteiger partial charge is 0.462 e. The van der Waals surface area contributed by atoms with Crippen LogP contribution in [0.5, 0.6) is 0 Å².